The van der Waals surface area contributed by atoms with E-state index in [0.717, 1.165) is 75.1 Å². The Morgan fingerprint density at radius 3 is 2.44 bits per heavy atom. The summed E-state index contributed by atoms with van der Waals surface area (Å²) in [4.78, 5) is 35.8. The summed E-state index contributed by atoms with van der Waals surface area (Å²) in [5.74, 6) is 4.09. The van der Waals surface area contributed by atoms with Crippen LogP contribution in [0.25, 0.3) is 10.9 Å². The van der Waals surface area contributed by atoms with Crippen LogP contribution < -0.4 is 9.80 Å². The summed E-state index contributed by atoms with van der Waals surface area (Å²) in [5, 5.41) is 3.39. The first-order valence-electron chi connectivity index (χ1n) is 12.6. The van der Waals surface area contributed by atoms with Crippen LogP contribution in [0.1, 0.15) is 48.7 Å². The molecule has 0 bridgehead atoms. The van der Waals surface area contributed by atoms with Gasteiger partial charge in [-0.05, 0) is 44.7 Å². The van der Waals surface area contributed by atoms with Gasteiger partial charge in [0.25, 0.3) is 0 Å². The van der Waals surface area contributed by atoms with Gasteiger partial charge in [0, 0.05) is 67.6 Å². The van der Waals surface area contributed by atoms with Crippen LogP contribution in [-0.2, 0) is 4.79 Å². The third kappa shape index (κ3) is 4.02. The second kappa shape index (κ2) is 9.13. The van der Waals surface area contributed by atoms with Gasteiger partial charge in [-0.2, -0.15) is 0 Å². The lowest BCUT2D eigenvalue weighted by Crippen LogP contribution is -2.52. The second-order valence-corrected chi connectivity index (χ2v) is 10.9. The molecule has 2 saturated heterocycles. The molecule has 34 heavy (non-hydrogen) atoms. The maximum Gasteiger partial charge on any atom is 0.225 e. The first-order valence-corrected chi connectivity index (χ1v) is 13.5. The van der Waals surface area contributed by atoms with Gasteiger partial charge in [0.2, 0.25) is 5.91 Å². The summed E-state index contributed by atoms with van der Waals surface area (Å²) < 4.78 is 0. The topological polar surface area (TPSA) is 65.5 Å². The van der Waals surface area contributed by atoms with Crippen LogP contribution in [0, 0.1) is 12.8 Å². The highest BCUT2D eigenvalue weighted by Gasteiger charge is 2.32. The number of carbonyl (C=O) groups excluding carboxylic acids is 1. The molecule has 1 amide bonds. The van der Waals surface area contributed by atoms with Crippen LogP contribution in [-0.4, -0.2) is 65.0 Å². The highest BCUT2D eigenvalue weighted by molar-refractivity contribution is 7.11. The van der Waals surface area contributed by atoms with Crippen molar-refractivity contribution < 1.29 is 4.79 Å². The molecule has 8 heteroatoms. The van der Waals surface area contributed by atoms with E-state index in [1.54, 1.807) is 11.3 Å². The van der Waals surface area contributed by atoms with Crippen LogP contribution in [0.2, 0.25) is 0 Å². The van der Waals surface area contributed by atoms with Crippen molar-refractivity contribution in [3.63, 3.8) is 0 Å². The van der Waals surface area contributed by atoms with E-state index in [0.29, 0.717) is 11.8 Å². The number of fused-ring (bicyclic) bond motifs is 1. The number of carbonyl (C=O) groups is 1. The Hall–Kier alpha value is -2.74. The zero-order chi connectivity index (χ0) is 23.1. The largest absolute Gasteiger partial charge is 0.356 e. The molecular weight excluding hydrogens is 444 g/mol. The van der Waals surface area contributed by atoms with Crippen molar-refractivity contribution in [3.05, 3.63) is 40.5 Å². The normalized spacial score (nSPS) is 20.1. The summed E-state index contributed by atoms with van der Waals surface area (Å²) >= 11 is 1.77. The predicted molar refractivity (Wildman–Crippen MR) is 137 cm³/mol. The van der Waals surface area contributed by atoms with Crippen molar-refractivity contribution in [3.8, 4) is 0 Å². The van der Waals surface area contributed by atoms with E-state index in [9.17, 15) is 4.79 Å². The number of hydrogen-bond donors (Lipinski definition) is 0. The number of amides is 1. The Bertz CT molecular complexity index is 1160. The van der Waals surface area contributed by atoms with E-state index in [-0.39, 0.29) is 5.92 Å². The number of thiophene rings is 1. The molecule has 0 radical (unpaired) electrons. The number of aryl methyl sites for hydroxylation is 1. The van der Waals surface area contributed by atoms with Gasteiger partial charge < -0.3 is 14.7 Å². The number of pyridine rings is 1. The number of hydrogen-bond acceptors (Lipinski definition) is 7. The molecule has 0 atom stereocenters. The van der Waals surface area contributed by atoms with Crippen molar-refractivity contribution in [1.82, 2.24) is 19.9 Å². The predicted octanol–water partition coefficient (Wildman–Crippen LogP) is 4.23. The van der Waals surface area contributed by atoms with E-state index in [1.165, 1.54) is 29.5 Å². The summed E-state index contributed by atoms with van der Waals surface area (Å²) in [6.45, 7) is 7.20. The molecule has 0 spiro atoms. The number of piperidine rings is 1. The van der Waals surface area contributed by atoms with Crippen molar-refractivity contribution >= 4 is 39.8 Å². The summed E-state index contributed by atoms with van der Waals surface area (Å²) in [7, 11) is 0. The number of piperazine rings is 1. The molecule has 5 heterocycles. The minimum atomic E-state index is 0.115. The Balaban J connectivity index is 1.11. The highest BCUT2D eigenvalue weighted by atomic mass is 32.1. The zero-order valence-electron chi connectivity index (χ0n) is 19.8. The standard InChI is InChI=1S/C26H32N6OS/c1-18-23-21(17-34-18)28-24(19-5-4-6-19)29-25(23)31-11-8-20(9-12-31)26(33)32-15-13-30(14-16-32)22-7-2-3-10-27-22/h2-3,7,10,17,19-20H,4-6,8-9,11-16H2,1H3. The van der Waals surface area contributed by atoms with Gasteiger partial charge in [0.1, 0.15) is 17.5 Å². The van der Waals surface area contributed by atoms with Crippen LogP contribution in [0.5, 0.6) is 0 Å². The average molecular weight is 477 g/mol. The lowest BCUT2D eigenvalue weighted by Gasteiger charge is -2.39. The maximum atomic E-state index is 13.3. The Labute approximate surface area is 204 Å². The fourth-order valence-corrected chi connectivity index (χ4v) is 6.25. The van der Waals surface area contributed by atoms with Crippen molar-refractivity contribution in [1.29, 1.82) is 0 Å². The molecule has 3 aliphatic rings. The van der Waals surface area contributed by atoms with Crippen molar-refractivity contribution in [2.45, 2.75) is 44.9 Å². The Morgan fingerprint density at radius 1 is 0.971 bits per heavy atom. The minimum absolute atomic E-state index is 0.115. The lowest BCUT2D eigenvalue weighted by molar-refractivity contribution is -0.136. The monoisotopic (exact) mass is 476 g/mol. The highest BCUT2D eigenvalue weighted by Crippen LogP contribution is 2.39. The second-order valence-electron chi connectivity index (χ2n) is 9.85. The van der Waals surface area contributed by atoms with E-state index in [4.69, 9.17) is 9.97 Å². The van der Waals surface area contributed by atoms with Crippen molar-refractivity contribution in [2.24, 2.45) is 5.92 Å². The molecule has 3 aromatic heterocycles. The third-order valence-electron chi connectivity index (χ3n) is 7.81. The number of aromatic nitrogens is 3. The first-order chi connectivity index (χ1) is 16.7. The molecule has 1 aliphatic carbocycles. The molecule has 3 fully saturated rings. The van der Waals surface area contributed by atoms with Gasteiger partial charge in [-0.1, -0.05) is 12.5 Å². The average Bonchev–Trinajstić information content (AvgIpc) is 3.23. The summed E-state index contributed by atoms with van der Waals surface area (Å²) in [5.41, 5.74) is 1.10. The molecular formula is C26H32N6OS. The lowest BCUT2D eigenvalue weighted by atomic mass is 9.85. The molecule has 7 nitrogen and oxygen atoms in total. The quantitative estimate of drug-likeness (QED) is 0.562. The third-order valence-corrected chi connectivity index (χ3v) is 8.71. The number of rotatable bonds is 4. The fourth-order valence-electron chi connectivity index (χ4n) is 5.48. The van der Waals surface area contributed by atoms with Gasteiger partial charge in [-0.15, -0.1) is 11.3 Å². The van der Waals surface area contributed by atoms with Crippen LogP contribution in [0.4, 0.5) is 11.6 Å². The van der Waals surface area contributed by atoms with Gasteiger partial charge in [0.05, 0.1) is 10.9 Å². The molecule has 3 aromatic rings. The van der Waals surface area contributed by atoms with E-state index in [1.807, 2.05) is 24.4 Å². The van der Waals surface area contributed by atoms with E-state index >= 15 is 0 Å². The van der Waals surface area contributed by atoms with E-state index < -0.39 is 0 Å². The van der Waals surface area contributed by atoms with Crippen LogP contribution >= 0.6 is 11.3 Å². The first kappa shape index (κ1) is 21.8. The van der Waals surface area contributed by atoms with Crippen LogP contribution in [0.3, 0.4) is 0 Å². The van der Waals surface area contributed by atoms with Gasteiger partial charge in [0.15, 0.2) is 0 Å². The molecule has 178 valence electrons. The molecule has 1 saturated carbocycles. The maximum absolute atomic E-state index is 13.3. The zero-order valence-corrected chi connectivity index (χ0v) is 20.6. The molecule has 6 rings (SSSR count). The van der Waals surface area contributed by atoms with Crippen molar-refractivity contribution in [2.75, 3.05) is 49.1 Å². The molecule has 0 unspecified atom stereocenters. The molecule has 0 aromatic carbocycles. The van der Waals surface area contributed by atoms with Gasteiger partial charge in [-0.3, -0.25) is 4.79 Å². The van der Waals surface area contributed by atoms with Gasteiger partial charge >= 0.3 is 0 Å². The molecule has 2 aliphatic heterocycles. The summed E-state index contributed by atoms with van der Waals surface area (Å²) in [6.07, 6.45) is 7.32. The Morgan fingerprint density at radius 2 is 1.76 bits per heavy atom. The smallest absolute Gasteiger partial charge is 0.225 e. The van der Waals surface area contributed by atoms with Crippen LogP contribution in [0.15, 0.2) is 29.8 Å². The van der Waals surface area contributed by atoms with Gasteiger partial charge in [-0.25, -0.2) is 15.0 Å². The van der Waals surface area contributed by atoms with E-state index in [2.05, 4.69) is 32.0 Å². The SMILES string of the molecule is Cc1scc2nc(C3CCC3)nc(N3CCC(C(=O)N4CCN(c5ccccn5)CC4)CC3)c12. The number of anilines is 2. The molecule has 0 N–H and O–H groups in total. The Kier molecular flexibility index (Phi) is 5.85. The fraction of sp³-hybridized carbons (Fsp3) is 0.538. The summed E-state index contributed by atoms with van der Waals surface area (Å²) in [6, 6.07) is 6.00. The minimum Gasteiger partial charge on any atom is -0.356 e. The number of nitrogens with zero attached hydrogens (tertiary/aromatic N) is 6.